The Labute approximate surface area is 194 Å². The number of nitrogens with one attached hydrogen (secondary N) is 2. The number of anilines is 3. The summed E-state index contributed by atoms with van der Waals surface area (Å²) < 4.78 is 10.5. The molecule has 0 fully saturated rings. The largest absolute Gasteiger partial charge is 0.497 e. The maximum absolute atomic E-state index is 12.8. The zero-order valence-corrected chi connectivity index (χ0v) is 19.0. The molecule has 0 spiro atoms. The van der Waals surface area contributed by atoms with Crippen LogP contribution in [0.3, 0.4) is 0 Å². The number of amides is 1. The van der Waals surface area contributed by atoms with Crippen LogP contribution in [-0.2, 0) is 0 Å². The number of hydrogen-bond acceptors (Lipinski definition) is 6. The van der Waals surface area contributed by atoms with Crippen molar-refractivity contribution in [2.45, 2.75) is 0 Å². The van der Waals surface area contributed by atoms with Crippen molar-refractivity contribution in [3.8, 4) is 22.8 Å². The molecule has 1 aromatic heterocycles. The van der Waals surface area contributed by atoms with Gasteiger partial charge in [-0.15, -0.1) is 11.3 Å². The summed E-state index contributed by atoms with van der Waals surface area (Å²) in [6, 6.07) is 20.0. The van der Waals surface area contributed by atoms with E-state index in [-0.39, 0.29) is 5.91 Å². The van der Waals surface area contributed by atoms with Crippen LogP contribution in [-0.4, -0.2) is 25.1 Å². The smallest absolute Gasteiger partial charge is 0.255 e. The fraction of sp³-hybridized carbons (Fsp3) is 0.0833. The molecule has 4 rings (SSSR count). The van der Waals surface area contributed by atoms with Crippen molar-refractivity contribution in [2.75, 3.05) is 24.9 Å². The van der Waals surface area contributed by atoms with Gasteiger partial charge in [-0.25, -0.2) is 4.98 Å². The maximum atomic E-state index is 12.8. The number of ether oxygens (including phenoxy) is 2. The number of rotatable bonds is 7. The van der Waals surface area contributed by atoms with Crippen LogP contribution in [0.4, 0.5) is 16.5 Å². The summed E-state index contributed by atoms with van der Waals surface area (Å²) in [5, 5.41) is 9.60. The predicted octanol–water partition coefficient (Wildman–Crippen LogP) is 6.48. The molecule has 0 saturated carbocycles. The summed E-state index contributed by atoms with van der Waals surface area (Å²) in [6.45, 7) is 0. The normalized spacial score (nSPS) is 10.5. The first kappa shape index (κ1) is 21.7. The minimum atomic E-state index is -0.261. The second-order valence-electron chi connectivity index (χ2n) is 6.81. The van der Waals surface area contributed by atoms with Crippen LogP contribution >= 0.6 is 22.9 Å². The molecule has 6 nitrogen and oxygen atoms in total. The van der Waals surface area contributed by atoms with Gasteiger partial charge in [-0.2, -0.15) is 0 Å². The van der Waals surface area contributed by atoms with Gasteiger partial charge >= 0.3 is 0 Å². The molecule has 1 heterocycles. The number of benzene rings is 3. The lowest BCUT2D eigenvalue weighted by molar-refractivity contribution is 0.102. The molecular formula is C24H20ClN3O3S. The van der Waals surface area contributed by atoms with Gasteiger partial charge in [0.05, 0.1) is 19.9 Å². The van der Waals surface area contributed by atoms with Gasteiger partial charge in [-0.3, -0.25) is 4.79 Å². The quantitative estimate of drug-likeness (QED) is 0.327. The second kappa shape index (κ2) is 9.72. The number of carbonyl (C=O) groups is 1. The third-order valence-corrected chi connectivity index (χ3v) is 5.64. The number of methoxy groups -OCH3 is 2. The molecule has 0 aliphatic heterocycles. The van der Waals surface area contributed by atoms with E-state index in [1.54, 1.807) is 32.4 Å². The molecule has 2 N–H and O–H groups in total. The molecule has 0 atom stereocenters. The van der Waals surface area contributed by atoms with E-state index >= 15 is 0 Å². The van der Waals surface area contributed by atoms with Crippen molar-refractivity contribution >= 4 is 45.4 Å². The number of aromatic nitrogens is 1. The minimum absolute atomic E-state index is 0.261. The van der Waals surface area contributed by atoms with Gasteiger partial charge in [-0.05, 0) is 48.5 Å². The third-order valence-electron chi connectivity index (χ3n) is 4.63. The van der Waals surface area contributed by atoms with E-state index in [4.69, 9.17) is 21.1 Å². The molecule has 4 aromatic rings. The van der Waals surface area contributed by atoms with E-state index in [2.05, 4.69) is 15.6 Å². The van der Waals surface area contributed by atoms with E-state index in [9.17, 15) is 4.79 Å². The first-order valence-corrected chi connectivity index (χ1v) is 10.9. The van der Waals surface area contributed by atoms with Gasteiger partial charge < -0.3 is 20.1 Å². The predicted molar refractivity (Wildman–Crippen MR) is 130 cm³/mol. The molecule has 0 radical (unpaired) electrons. The third kappa shape index (κ3) is 5.19. The van der Waals surface area contributed by atoms with Crippen molar-refractivity contribution in [3.63, 3.8) is 0 Å². The van der Waals surface area contributed by atoms with Gasteiger partial charge in [0.2, 0.25) is 0 Å². The SMILES string of the molecule is COc1cc(OC)cc(C(=O)Nc2cccc(-c3csc(Nc4ccc(Cl)cc4)n3)c2)c1. The monoisotopic (exact) mass is 465 g/mol. The summed E-state index contributed by atoms with van der Waals surface area (Å²) in [6.07, 6.45) is 0. The van der Waals surface area contributed by atoms with E-state index in [0.717, 1.165) is 22.1 Å². The van der Waals surface area contributed by atoms with Crippen molar-refractivity contribution in [2.24, 2.45) is 0 Å². The van der Waals surface area contributed by atoms with Gasteiger partial charge in [0.25, 0.3) is 5.91 Å². The molecule has 1 amide bonds. The van der Waals surface area contributed by atoms with Crippen LogP contribution in [0.5, 0.6) is 11.5 Å². The molecule has 0 aliphatic rings. The number of thiazole rings is 1. The Morgan fingerprint density at radius 3 is 2.34 bits per heavy atom. The van der Waals surface area contributed by atoms with E-state index < -0.39 is 0 Å². The van der Waals surface area contributed by atoms with E-state index in [1.165, 1.54) is 11.3 Å². The Morgan fingerprint density at radius 2 is 1.66 bits per heavy atom. The highest BCUT2D eigenvalue weighted by molar-refractivity contribution is 7.14. The Balaban J connectivity index is 1.50. The molecule has 0 aliphatic carbocycles. The van der Waals surface area contributed by atoms with Crippen molar-refractivity contribution in [1.29, 1.82) is 0 Å². The second-order valence-corrected chi connectivity index (χ2v) is 8.10. The first-order valence-electron chi connectivity index (χ1n) is 9.67. The standard InChI is InChI=1S/C24H20ClN3O3S/c1-30-20-11-16(12-21(13-20)31-2)23(29)26-19-5-3-4-15(10-19)22-14-32-24(28-22)27-18-8-6-17(25)7-9-18/h3-14H,1-2H3,(H,26,29)(H,27,28). The summed E-state index contributed by atoms with van der Waals surface area (Å²) >= 11 is 7.43. The summed E-state index contributed by atoms with van der Waals surface area (Å²) in [4.78, 5) is 17.4. The molecule has 0 saturated heterocycles. The summed E-state index contributed by atoms with van der Waals surface area (Å²) in [5.41, 5.74) is 3.71. The average Bonchev–Trinajstić information content (AvgIpc) is 3.29. The average molecular weight is 466 g/mol. The number of halogens is 1. The molecule has 3 aromatic carbocycles. The van der Waals surface area contributed by atoms with E-state index in [1.807, 2.05) is 53.9 Å². The Hall–Kier alpha value is -3.55. The zero-order valence-electron chi connectivity index (χ0n) is 17.4. The highest BCUT2D eigenvalue weighted by Crippen LogP contribution is 2.29. The van der Waals surface area contributed by atoms with Crippen LogP contribution < -0.4 is 20.1 Å². The molecule has 32 heavy (non-hydrogen) atoms. The highest BCUT2D eigenvalue weighted by atomic mass is 35.5. The van der Waals surface area contributed by atoms with Crippen molar-refractivity contribution in [3.05, 3.63) is 82.7 Å². The number of nitrogens with zero attached hydrogens (tertiary/aromatic N) is 1. The van der Waals surface area contributed by atoms with Gasteiger partial charge in [0, 0.05) is 39.0 Å². The lowest BCUT2D eigenvalue weighted by Gasteiger charge is -2.10. The Morgan fingerprint density at radius 1 is 0.938 bits per heavy atom. The molecule has 8 heteroatoms. The lowest BCUT2D eigenvalue weighted by Crippen LogP contribution is -2.12. The molecule has 0 bridgehead atoms. The fourth-order valence-corrected chi connectivity index (χ4v) is 3.88. The van der Waals surface area contributed by atoms with Crippen LogP contribution in [0.1, 0.15) is 10.4 Å². The zero-order chi connectivity index (χ0) is 22.5. The molecule has 0 unspecified atom stereocenters. The minimum Gasteiger partial charge on any atom is -0.497 e. The molecule has 162 valence electrons. The van der Waals surface area contributed by atoms with Gasteiger partial charge in [0.15, 0.2) is 5.13 Å². The number of hydrogen-bond donors (Lipinski definition) is 2. The van der Waals surface area contributed by atoms with Crippen LogP contribution in [0, 0.1) is 0 Å². The first-order chi connectivity index (χ1) is 15.5. The van der Waals surface area contributed by atoms with Gasteiger partial charge in [0.1, 0.15) is 11.5 Å². The van der Waals surface area contributed by atoms with Crippen LogP contribution in [0.15, 0.2) is 72.1 Å². The lowest BCUT2D eigenvalue weighted by atomic mass is 10.1. The van der Waals surface area contributed by atoms with Gasteiger partial charge in [-0.1, -0.05) is 23.7 Å². The van der Waals surface area contributed by atoms with Crippen LogP contribution in [0.2, 0.25) is 5.02 Å². The maximum Gasteiger partial charge on any atom is 0.255 e. The summed E-state index contributed by atoms with van der Waals surface area (Å²) in [5.74, 6) is 0.834. The topological polar surface area (TPSA) is 72.5 Å². The van der Waals surface area contributed by atoms with E-state index in [0.29, 0.717) is 27.8 Å². The number of carbonyl (C=O) groups excluding carboxylic acids is 1. The van der Waals surface area contributed by atoms with Crippen molar-refractivity contribution < 1.29 is 14.3 Å². The van der Waals surface area contributed by atoms with Crippen molar-refractivity contribution in [1.82, 2.24) is 4.98 Å². The summed E-state index contributed by atoms with van der Waals surface area (Å²) in [7, 11) is 3.09. The fourth-order valence-electron chi connectivity index (χ4n) is 3.02. The Bertz CT molecular complexity index is 1220. The van der Waals surface area contributed by atoms with Crippen LogP contribution in [0.25, 0.3) is 11.3 Å². The Kier molecular flexibility index (Phi) is 6.58. The molecular weight excluding hydrogens is 446 g/mol. The highest BCUT2D eigenvalue weighted by Gasteiger charge is 2.12.